The fourth-order valence-corrected chi connectivity index (χ4v) is 2.75. The number of carbonyl (C=O) groups is 1. The van der Waals surface area contributed by atoms with Crippen molar-refractivity contribution in [2.24, 2.45) is 5.41 Å². The second-order valence-corrected chi connectivity index (χ2v) is 6.34. The molecular formula is C11H20OS. The molecule has 1 aliphatic rings. The summed E-state index contributed by atoms with van der Waals surface area (Å²) in [6, 6.07) is 0. The van der Waals surface area contributed by atoms with Crippen molar-refractivity contribution in [2.45, 2.75) is 51.7 Å². The Morgan fingerprint density at radius 1 is 1.46 bits per heavy atom. The molecule has 1 atom stereocenters. The third kappa shape index (κ3) is 4.17. The zero-order valence-corrected chi connectivity index (χ0v) is 9.75. The van der Waals surface area contributed by atoms with Gasteiger partial charge in [-0.1, -0.05) is 20.8 Å². The van der Waals surface area contributed by atoms with E-state index in [0.29, 0.717) is 16.4 Å². The zero-order valence-electron chi connectivity index (χ0n) is 8.93. The molecule has 1 aliphatic heterocycles. The monoisotopic (exact) mass is 200 g/mol. The largest absolute Gasteiger partial charge is 0.298 e. The molecule has 0 bridgehead atoms. The predicted molar refractivity (Wildman–Crippen MR) is 59.2 cm³/mol. The molecule has 1 rings (SSSR count). The Bertz CT molecular complexity index is 175. The molecule has 0 saturated carbocycles. The zero-order chi connectivity index (χ0) is 9.90. The third-order valence-corrected chi connectivity index (χ3v) is 3.84. The van der Waals surface area contributed by atoms with E-state index in [1.807, 2.05) is 11.8 Å². The number of ketones is 1. The first-order valence-corrected chi connectivity index (χ1v) is 6.18. The molecule has 1 nitrogen and oxygen atoms in total. The van der Waals surface area contributed by atoms with Crippen LogP contribution in [0.5, 0.6) is 0 Å². The van der Waals surface area contributed by atoms with E-state index in [9.17, 15) is 4.79 Å². The Kier molecular flexibility index (Phi) is 3.84. The average molecular weight is 200 g/mol. The first kappa shape index (κ1) is 11.1. The van der Waals surface area contributed by atoms with Crippen molar-refractivity contribution in [1.29, 1.82) is 0 Å². The van der Waals surface area contributed by atoms with Crippen LogP contribution in [-0.4, -0.2) is 16.8 Å². The summed E-state index contributed by atoms with van der Waals surface area (Å²) in [5.41, 5.74) is 0.304. The molecule has 76 valence electrons. The lowest BCUT2D eigenvalue weighted by Gasteiger charge is -2.18. The van der Waals surface area contributed by atoms with Crippen molar-refractivity contribution >= 4 is 17.5 Å². The number of hydrogen-bond acceptors (Lipinski definition) is 2. The molecule has 2 heteroatoms. The maximum absolute atomic E-state index is 11.7. The molecule has 0 aliphatic carbocycles. The van der Waals surface area contributed by atoms with E-state index in [4.69, 9.17) is 0 Å². The summed E-state index contributed by atoms with van der Waals surface area (Å²) in [6.45, 7) is 6.59. The van der Waals surface area contributed by atoms with Crippen LogP contribution in [0.15, 0.2) is 0 Å². The highest BCUT2D eigenvalue weighted by atomic mass is 32.2. The summed E-state index contributed by atoms with van der Waals surface area (Å²) in [4.78, 5) is 11.7. The highest BCUT2D eigenvalue weighted by Gasteiger charge is 2.24. The fraction of sp³-hybridized carbons (Fsp3) is 0.909. The van der Waals surface area contributed by atoms with E-state index in [2.05, 4.69) is 20.8 Å². The molecule has 1 heterocycles. The summed E-state index contributed by atoms with van der Waals surface area (Å²) < 4.78 is 0. The number of hydrogen-bond donors (Lipinski definition) is 0. The van der Waals surface area contributed by atoms with Gasteiger partial charge in [-0.25, -0.2) is 0 Å². The van der Waals surface area contributed by atoms with Crippen molar-refractivity contribution in [1.82, 2.24) is 0 Å². The van der Waals surface area contributed by atoms with Crippen LogP contribution >= 0.6 is 11.8 Å². The number of Topliss-reactive ketones (excluding diaryl/α,β-unsaturated/α-hetero) is 1. The van der Waals surface area contributed by atoms with E-state index in [1.165, 1.54) is 12.2 Å². The smallest absolute Gasteiger partial charge is 0.145 e. The van der Waals surface area contributed by atoms with E-state index in [-0.39, 0.29) is 0 Å². The number of rotatable bonds is 3. The second-order valence-electron chi connectivity index (χ2n) is 5.03. The number of thioether (sulfide) groups is 1. The topological polar surface area (TPSA) is 17.1 Å². The Hall–Kier alpha value is 0.0200. The van der Waals surface area contributed by atoms with Crippen LogP contribution in [0.25, 0.3) is 0 Å². The second kappa shape index (κ2) is 4.50. The minimum absolute atomic E-state index is 0.304. The van der Waals surface area contributed by atoms with Gasteiger partial charge in [-0.3, -0.25) is 4.79 Å². The van der Waals surface area contributed by atoms with Crippen molar-refractivity contribution in [3.8, 4) is 0 Å². The summed E-state index contributed by atoms with van der Waals surface area (Å²) in [7, 11) is 0. The van der Waals surface area contributed by atoms with Crippen LogP contribution in [0.1, 0.15) is 46.5 Å². The van der Waals surface area contributed by atoms with Gasteiger partial charge in [0.25, 0.3) is 0 Å². The van der Waals surface area contributed by atoms with Gasteiger partial charge < -0.3 is 0 Å². The van der Waals surface area contributed by atoms with E-state index in [0.717, 1.165) is 19.3 Å². The molecule has 1 unspecified atom stereocenters. The van der Waals surface area contributed by atoms with E-state index < -0.39 is 0 Å². The Morgan fingerprint density at radius 2 is 2.15 bits per heavy atom. The minimum Gasteiger partial charge on any atom is -0.298 e. The van der Waals surface area contributed by atoms with Crippen LogP contribution in [0.4, 0.5) is 0 Å². The molecule has 0 spiro atoms. The van der Waals surface area contributed by atoms with Gasteiger partial charge >= 0.3 is 0 Å². The van der Waals surface area contributed by atoms with Crippen molar-refractivity contribution in [3.05, 3.63) is 0 Å². The van der Waals surface area contributed by atoms with Crippen LogP contribution < -0.4 is 0 Å². The van der Waals surface area contributed by atoms with Gasteiger partial charge in [0.15, 0.2) is 0 Å². The van der Waals surface area contributed by atoms with Gasteiger partial charge in [-0.05, 0) is 30.4 Å². The van der Waals surface area contributed by atoms with Gasteiger partial charge in [0.1, 0.15) is 5.78 Å². The Morgan fingerprint density at radius 3 is 2.62 bits per heavy atom. The lowest BCUT2D eigenvalue weighted by molar-refractivity contribution is -0.119. The maximum atomic E-state index is 11.7. The summed E-state index contributed by atoms with van der Waals surface area (Å²) in [5, 5.41) is 0.336. The lowest BCUT2D eigenvalue weighted by atomic mass is 9.89. The van der Waals surface area contributed by atoms with Crippen molar-refractivity contribution in [3.63, 3.8) is 0 Å². The normalized spacial score (nSPS) is 23.5. The molecule has 0 N–H and O–H groups in total. The van der Waals surface area contributed by atoms with Crippen molar-refractivity contribution < 1.29 is 4.79 Å². The van der Waals surface area contributed by atoms with Crippen LogP contribution in [0, 0.1) is 5.41 Å². The molecule has 0 aromatic heterocycles. The van der Waals surface area contributed by atoms with Crippen LogP contribution in [0.3, 0.4) is 0 Å². The molecule has 0 amide bonds. The first-order valence-electron chi connectivity index (χ1n) is 5.13. The van der Waals surface area contributed by atoms with Gasteiger partial charge in [0.05, 0.1) is 5.25 Å². The highest BCUT2D eigenvalue weighted by Crippen LogP contribution is 2.29. The van der Waals surface area contributed by atoms with Gasteiger partial charge in [-0.15, -0.1) is 0 Å². The molecule has 1 saturated heterocycles. The fourth-order valence-electron chi connectivity index (χ4n) is 1.49. The third-order valence-electron chi connectivity index (χ3n) is 2.41. The Balaban J connectivity index is 2.25. The average Bonchev–Trinajstić information content (AvgIpc) is 2.50. The Labute approximate surface area is 85.7 Å². The predicted octanol–water partition coefficient (Wildman–Crippen LogP) is 3.28. The molecule has 0 radical (unpaired) electrons. The van der Waals surface area contributed by atoms with Gasteiger partial charge in [0.2, 0.25) is 0 Å². The molecule has 1 fully saturated rings. The SMILES string of the molecule is CC(C)(C)CCC(=O)C1CCCS1. The summed E-state index contributed by atoms with van der Waals surface area (Å²) >= 11 is 1.85. The standard InChI is InChI=1S/C11H20OS/c1-11(2,3)7-6-9(12)10-5-4-8-13-10/h10H,4-8H2,1-3H3. The summed E-state index contributed by atoms with van der Waals surface area (Å²) in [6.07, 6.45) is 4.16. The van der Waals surface area contributed by atoms with Gasteiger partial charge in [0, 0.05) is 6.42 Å². The molecular weight excluding hydrogens is 180 g/mol. The van der Waals surface area contributed by atoms with Crippen molar-refractivity contribution in [2.75, 3.05) is 5.75 Å². The minimum atomic E-state index is 0.304. The first-order chi connectivity index (χ1) is 5.99. The lowest BCUT2D eigenvalue weighted by Crippen LogP contribution is -2.16. The van der Waals surface area contributed by atoms with Gasteiger partial charge in [-0.2, -0.15) is 11.8 Å². The quantitative estimate of drug-likeness (QED) is 0.695. The van der Waals surface area contributed by atoms with E-state index >= 15 is 0 Å². The maximum Gasteiger partial charge on any atom is 0.145 e. The molecule has 0 aromatic carbocycles. The van der Waals surface area contributed by atoms with E-state index in [1.54, 1.807) is 0 Å². The van der Waals surface area contributed by atoms with Crippen LogP contribution in [0.2, 0.25) is 0 Å². The number of carbonyl (C=O) groups excluding carboxylic acids is 1. The van der Waals surface area contributed by atoms with Crippen LogP contribution in [-0.2, 0) is 4.79 Å². The summed E-state index contributed by atoms with van der Waals surface area (Å²) in [5.74, 6) is 1.67. The molecule has 13 heavy (non-hydrogen) atoms. The molecule has 0 aromatic rings. The highest BCUT2D eigenvalue weighted by molar-refractivity contribution is 8.00.